The van der Waals surface area contributed by atoms with E-state index in [0.717, 1.165) is 37.1 Å². The number of halogens is 1. The van der Waals surface area contributed by atoms with Crippen LogP contribution in [0.15, 0.2) is 48.8 Å². The van der Waals surface area contributed by atoms with E-state index < -0.39 is 0 Å². The molecule has 0 bridgehead atoms. The van der Waals surface area contributed by atoms with Crippen LogP contribution in [0.1, 0.15) is 24.0 Å². The van der Waals surface area contributed by atoms with E-state index in [1.807, 2.05) is 17.0 Å². The van der Waals surface area contributed by atoms with Crippen LogP contribution in [0.25, 0.3) is 0 Å². The molecule has 1 N–H and O–H groups in total. The summed E-state index contributed by atoms with van der Waals surface area (Å²) in [5, 5.41) is 3.18. The van der Waals surface area contributed by atoms with Crippen LogP contribution in [-0.4, -0.2) is 53.5 Å². The van der Waals surface area contributed by atoms with Crippen LogP contribution in [0.2, 0.25) is 0 Å². The second-order valence-electron chi connectivity index (χ2n) is 7.21. The highest BCUT2D eigenvalue weighted by Crippen LogP contribution is 2.11. The lowest BCUT2D eigenvalue weighted by Crippen LogP contribution is -2.50. The summed E-state index contributed by atoms with van der Waals surface area (Å²) in [5.74, 6) is -0.245. The standard InChI is InChI=1S/C21H27FN4O/c1-25-12-3-5-20(16-25)24-21(27)26(15-18-4-2-11-23-14-18)13-10-17-6-8-19(22)9-7-17/h2,4,6-9,11,14,20H,3,5,10,12-13,15-16H2,1H3,(H,24,27)/t20-/m0/s1. The lowest BCUT2D eigenvalue weighted by molar-refractivity contribution is 0.176. The molecule has 3 rings (SSSR count). The lowest BCUT2D eigenvalue weighted by atomic mass is 10.1. The Morgan fingerprint density at radius 2 is 2.11 bits per heavy atom. The number of likely N-dealkylation sites (tertiary alicyclic amines) is 1. The van der Waals surface area contributed by atoms with Crippen molar-refractivity contribution in [1.29, 1.82) is 0 Å². The van der Waals surface area contributed by atoms with Crippen LogP contribution >= 0.6 is 0 Å². The molecule has 0 unspecified atom stereocenters. The van der Waals surface area contributed by atoms with Gasteiger partial charge in [0, 0.05) is 38.1 Å². The maximum atomic E-state index is 13.1. The first kappa shape index (κ1) is 19.3. The smallest absolute Gasteiger partial charge is 0.317 e. The average Bonchev–Trinajstić information content (AvgIpc) is 2.67. The molecule has 27 heavy (non-hydrogen) atoms. The molecule has 2 heterocycles. The summed E-state index contributed by atoms with van der Waals surface area (Å²) in [4.78, 5) is 21.1. The molecule has 1 aliphatic heterocycles. The monoisotopic (exact) mass is 370 g/mol. The molecule has 0 spiro atoms. The van der Waals surface area contributed by atoms with Crippen LogP contribution in [0, 0.1) is 5.82 Å². The van der Waals surface area contributed by atoms with Crippen LogP contribution in [-0.2, 0) is 13.0 Å². The highest BCUT2D eigenvalue weighted by molar-refractivity contribution is 5.74. The van der Waals surface area contributed by atoms with Gasteiger partial charge in [0.15, 0.2) is 0 Å². The second kappa shape index (κ2) is 9.46. The van der Waals surface area contributed by atoms with Gasteiger partial charge < -0.3 is 15.1 Å². The number of aromatic nitrogens is 1. The van der Waals surface area contributed by atoms with Crippen LogP contribution in [0.4, 0.5) is 9.18 Å². The molecule has 1 fully saturated rings. The Kier molecular flexibility index (Phi) is 6.76. The van der Waals surface area contributed by atoms with Crippen molar-refractivity contribution < 1.29 is 9.18 Å². The molecule has 0 radical (unpaired) electrons. The van der Waals surface area contributed by atoms with Crippen molar-refractivity contribution in [2.45, 2.75) is 31.8 Å². The summed E-state index contributed by atoms with van der Waals surface area (Å²) >= 11 is 0. The summed E-state index contributed by atoms with van der Waals surface area (Å²) in [5.41, 5.74) is 2.00. The van der Waals surface area contributed by atoms with Gasteiger partial charge in [0.05, 0.1) is 0 Å². The van der Waals surface area contributed by atoms with Gasteiger partial charge in [-0.25, -0.2) is 9.18 Å². The van der Waals surface area contributed by atoms with Gasteiger partial charge in [-0.05, 0) is 62.2 Å². The third-order valence-electron chi connectivity index (χ3n) is 4.92. The number of hydrogen-bond acceptors (Lipinski definition) is 3. The number of carbonyl (C=O) groups excluding carboxylic acids is 1. The molecular weight excluding hydrogens is 343 g/mol. The number of carbonyl (C=O) groups is 1. The molecule has 0 saturated carbocycles. The third kappa shape index (κ3) is 6.03. The number of piperidine rings is 1. The predicted molar refractivity (Wildman–Crippen MR) is 104 cm³/mol. The van der Waals surface area contributed by atoms with Crippen molar-refractivity contribution in [3.05, 3.63) is 65.7 Å². The second-order valence-corrected chi connectivity index (χ2v) is 7.21. The molecule has 0 aliphatic carbocycles. The van der Waals surface area contributed by atoms with Gasteiger partial charge in [-0.1, -0.05) is 18.2 Å². The Morgan fingerprint density at radius 3 is 2.81 bits per heavy atom. The summed E-state index contributed by atoms with van der Waals surface area (Å²) in [6.07, 6.45) is 6.30. The average molecular weight is 370 g/mol. The summed E-state index contributed by atoms with van der Waals surface area (Å²) < 4.78 is 13.1. The van der Waals surface area contributed by atoms with Gasteiger partial charge in [0.25, 0.3) is 0 Å². The van der Waals surface area contributed by atoms with E-state index in [-0.39, 0.29) is 17.9 Å². The minimum absolute atomic E-state index is 0.0544. The molecule has 6 heteroatoms. The summed E-state index contributed by atoms with van der Waals surface area (Å²) in [6.45, 7) is 3.03. The maximum absolute atomic E-state index is 13.1. The Hall–Kier alpha value is -2.47. The molecule has 1 atom stereocenters. The minimum atomic E-state index is -0.245. The van der Waals surface area contributed by atoms with Gasteiger partial charge in [-0.15, -0.1) is 0 Å². The minimum Gasteiger partial charge on any atom is -0.334 e. The normalized spacial score (nSPS) is 17.5. The lowest BCUT2D eigenvalue weighted by Gasteiger charge is -2.32. The fraction of sp³-hybridized carbons (Fsp3) is 0.429. The predicted octanol–water partition coefficient (Wildman–Crippen LogP) is 3.07. The molecule has 144 valence electrons. The van der Waals surface area contributed by atoms with Crippen LogP contribution < -0.4 is 5.32 Å². The number of amides is 2. The van der Waals surface area contributed by atoms with Crippen molar-refractivity contribution in [3.63, 3.8) is 0 Å². The van der Waals surface area contributed by atoms with E-state index in [0.29, 0.717) is 19.5 Å². The van der Waals surface area contributed by atoms with Crippen molar-refractivity contribution in [3.8, 4) is 0 Å². The Labute approximate surface area is 160 Å². The van der Waals surface area contributed by atoms with E-state index in [4.69, 9.17) is 0 Å². The first-order valence-corrected chi connectivity index (χ1v) is 9.47. The molecule has 1 aliphatic rings. The summed E-state index contributed by atoms with van der Waals surface area (Å²) in [7, 11) is 2.08. The van der Waals surface area contributed by atoms with Gasteiger partial charge in [-0.2, -0.15) is 0 Å². The van der Waals surface area contributed by atoms with E-state index in [1.165, 1.54) is 12.1 Å². The first-order valence-electron chi connectivity index (χ1n) is 9.47. The molecular formula is C21H27FN4O. The zero-order valence-corrected chi connectivity index (χ0v) is 15.8. The maximum Gasteiger partial charge on any atom is 0.317 e. The molecule has 2 aromatic rings. The molecule has 1 saturated heterocycles. The Morgan fingerprint density at radius 1 is 1.30 bits per heavy atom. The van der Waals surface area contributed by atoms with E-state index in [2.05, 4.69) is 22.2 Å². The number of rotatable bonds is 6. The number of pyridine rings is 1. The van der Waals surface area contributed by atoms with Crippen molar-refractivity contribution >= 4 is 6.03 Å². The Bertz CT molecular complexity index is 723. The number of nitrogens with one attached hydrogen (secondary N) is 1. The molecule has 5 nitrogen and oxygen atoms in total. The number of hydrogen-bond donors (Lipinski definition) is 1. The quantitative estimate of drug-likeness (QED) is 0.850. The van der Waals surface area contributed by atoms with Gasteiger partial charge in [0.1, 0.15) is 5.82 Å². The summed E-state index contributed by atoms with van der Waals surface area (Å²) in [6, 6.07) is 10.4. The highest BCUT2D eigenvalue weighted by Gasteiger charge is 2.22. The molecule has 1 aromatic heterocycles. The zero-order valence-electron chi connectivity index (χ0n) is 15.8. The van der Waals surface area contributed by atoms with Gasteiger partial charge in [-0.3, -0.25) is 4.98 Å². The topological polar surface area (TPSA) is 48.5 Å². The van der Waals surface area contributed by atoms with E-state index >= 15 is 0 Å². The molecule has 1 aromatic carbocycles. The van der Waals surface area contributed by atoms with Crippen molar-refractivity contribution in [2.75, 3.05) is 26.7 Å². The largest absolute Gasteiger partial charge is 0.334 e. The van der Waals surface area contributed by atoms with E-state index in [1.54, 1.807) is 24.5 Å². The zero-order chi connectivity index (χ0) is 19.1. The highest BCUT2D eigenvalue weighted by atomic mass is 19.1. The number of benzene rings is 1. The van der Waals surface area contributed by atoms with Gasteiger partial charge in [0.2, 0.25) is 0 Å². The number of urea groups is 1. The van der Waals surface area contributed by atoms with Crippen LogP contribution in [0.5, 0.6) is 0 Å². The fourth-order valence-corrected chi connectivity index (χ4v) is 3.43. The third-order valence-corrected chi connectivity index (χ3v) is 4.92. The number of likely N-dealkylation sites (N-methyl/N-ethyl adjacent to an activating group) is 1. The fourth-order valence-electron chi connectivity index (χ4n) is 3.43. The van der Waals surface area contributed by atoms with E-state index in [9.17, 15) is 9.18 Å². The first-order chi connectivity index (χ1) is 13.1. The van der Waals surface area contributed by atoms with Crippen molar-refractivity contribution in [1.82, 2.24) is 20.1 Å². The molecule has 2 amide bonds. The van der Waals surface area contributed by atoms with Gasteiger partial charge >= 0.3 is 6.03 Å². The Balaban J connectivity index is 1.64. The van der Waals surface area contributed by atoms with Crippen molar-refractivity contribution in [2.24, 2.45) is 0 Å². The van der Waals surface area contributed by atoms with Crippen LogP contribution in [0.3, 0.4) is 0 Å². The SMILES string of the molecule is CN1CCC[C@H](NC(=O)N(CCc2ccc(F)cc2)Cc2cccnc2)C1. The number of nitrogens with zero attached hydrogens (tertiary/aromatic N) is 3.